The molecule has 0 atom stereocenters. The van der Waals surface area contributed by atoms with E-state index in [2.05, 4.69) is 15.3 Å². The zero-order chi connectivity index (χ0) is 20.3. The Hall–Kier alpha value is -3.65. The minimum Gasteiger partial charge on any atom is -0.486 e. The van der Waals surface area contributed by atoms with Crippen LogP contribution in [0.1, 0.15) is 16.4 Å². The normalized spacial score (nSPS) is 12.5. The predicted octanol–water partition coefficient (Wildman–Crippen LogP) is 4.17. The number of carbonyl (C=O) groups is 1. The molecule has 1 N–H and O–H groups in total. The molecule has 7 nitrogen and oxygen atoms in total. The predicted molar refractivity (Wildman–Crippen MR) is 112 cm³/mol. The average Bonchev–Trinajstić information content (AvgIpc) is 3.48. The van der Waals surface area contributed by atoms with Gasteiger partial charge in [0.05, 0.1) is 12.7 Å². The molecule has 1 amide bonds. The Bertz CT molecular complexity index is 1190. The van der Waals surface area contributed by atoms with Gasteiger partial charge in [0.25, 0.3) is 5.91 Å². The summed E-state index contributed by atoms with van der Waals surface area (Å²) in [5.41, 5.74) is 2.16. The fourth-order valence-electron chi connectivity index (χ4n) is 3.06. The van der Waals surface area contributed by atoms with Gasteiger partial charge in [-0.25, -0.2) is 9.97 Å². The number of nitrogens with one attached hydrogen (secondary N) is 1. The smallest absolute Gasteiger partial charge is 0.271 e. The van der Waals surface area contributed by atoms with E-state index in [0.717, 1.165) is 21.9 Å². The second-order valence-corrected chi connectivity index (χ2v) is 7.42. The fourth-order valence-corrected chi connectivity index (χ4v) is 3.86. The van der Waals surface area contributed by atoms with Gasteiger partial charge in [-0.3, -0.25) is 4.79 Å². The zero-order valence-electron chi connectivity index (χ0n) is 15.8. The molecule has 2 aromatic carbocycles. The van der Waals surface area contributed by atoms with Crippen molar-refractivity contribution in [1.29, 1.82) is 0 Å². The summed E-state index contributed by atoms with van der Waals surface area (Å²) in [5, 5.41) is 5.26. The lowest BCUT2D eigenvalue weighted by Gasteiger charge is -2.18. The molecule has 5 rings (SSSR count). The summed E-state index contributed by atoms with van der Waals surface area (Å²) in [6.07, 6.45) is 1.65. The first-order valence-corrected chi connectivity index (χ1v) is 10.3. The molecule has 8 heteroatoms. The van der Waals surface area contributed by atoms with Crippen molar-refractivity contribution in [2.24, 2.45) is 0 Å². The van der Waals surface area contributed by atoms with Gasteiger partial charge in [-0.15, -0.1) is 11.3 Å². The van der Waals surface area contributed by atoms with E-state index in [0.29, 0.717) is 36.3 Å². The number of hydrogen-bond acceptors (Lipinski definition) is 7. The summed E-state index contributed by atoms with van der Waals surface area (Å²) in [6, 6.07) is 15.3. The van der Waals surface area contributed by atoms with Gasteiger partial charge in [0.15, 0.2) is 17.3 Å². The van der Waals surface area contributed by atoms with E-state index >= 15 is 0 Å². The molecular weight excluding hydrogens is 402 g/mol. The average molecular weight is 419 g/mol. The van der Waals surface area contributed by atoms with E-state index in [-0.39, 0.29) is 12.5 Å². The molecule has 150 valence electrons. The van der Waals surface area contributed by atoms with Crippen LogP contribution in [0.25, 0.3) is 21.9 Å². The second-order valence-electron chi connectivity index (χ2n) is 6.56. The number of oxazole rings is 1. The van der Waals surface area contributed by atoms with E-state index in [1.54, 1.807) is 11.6 Å². The van der Waals surface area contributed by atoms with E-state index < -0.39 is 0 Å². The highest BCUT2D eigenvalue weighted by molar-refractivity contribution is 7.13. The Morgan fingerprint density at radius 1 is 1.03 bits per heavy atom. The van der Waals surface area contributed by atoms with Crippen molar-refractivity contribution in [2.75, 3.05) is 13.2 Å². The third kappa shape index (κ3) is 3.77. The number of rotatable bonds is 5. The molecule has 0 aliphatic carbocycles. The molecule has 3 heterocycles. The number of benzene rings is 2. The van der Waals surface area contributed by atoms with Crippen molar-refractivity contribution in [3.8, 4) is 33.4 Å². The first kappa shape index (κ1) is 18.4. The largest absolute Gasteiger partial charge is 0.486 e. The highest BCUT2D eigenvalue weighted by Crippen LogP contribution is 2.35. The molecule has 2 aromatic heterocycles. The van der Waals surface area contributed by atoms with Crippen LogP contribution in [0.4, 0.5) is 0 Å². The van der Waals surface area contributed by atoms with Gasteiger partial charge in [-0.05, 0) is 18.2 Å². The molecule has 0 fully saturated rings. The Morgan fingerprint density at radius 2 is 1.87 bits per heavy atom. The molecule has 30 heavy (non-hydrogen) atoms. The number of carbonyl (C=O) groups excluding carboxylic acids is 1. The van der Waals surface area contributed by atoms with Crippen LogP contribution < -0.4 is 14.8 Å². The van der Waals surface area contributed by atoms with Crippen LogP contribution in [0.3, 0.4) is 0 Å². The van der Waals surface area contributed by atoms with Crippen LogP contribution in [0, 0.1) is 0 Å². The summed E-state index contributed by atoms with van der Waals surface area (Å²) in [5.74, 6) is 2.23. The Labute approximate surface area is 176 Å². The molecule has 0 saturated heterocycles. The summed E-state index contributed by atoms with van der Waals surface area (Å²) in [4.78, 5) is 21.2. The van der Waals surface area contributed by atoms with E-state index in [1.165, 1.54) is 11.3 Å². The molecule has 0 unspecified atom stereocenters. The van der Waals surface area contributed by atoms with E-state index in [4.69, 9.17) is 13.9 Å². The number of thiazole rings is 1. The van der Waals surface area contributed by atoms with Gasteiger partial charge in [0.2, 0.25) is 5.89 Å². The molecule has 1 aliphatic rings. The molecular formula is C22H17N3O4S. The fraction of sp³-hybridized carbons (Fsp3) is 0.136. The van der Waals surface area contributed by atoms with Crippen LogP contribution in [-0.4, -0.2) is 29.1 Å². The quantitative estimate of drug-likeness (QED) is 0.523. The maximum atomic E-state index is 12.5. The van der Waals surface area contributed by atoms with Crippen molar-refractivity contribution >= 4 is 17.2 Å². The molecule has 0 radical (unpaired) electrons. The van der Waals surface area contributed by atoms with Crippen LogP contribution in [0.15, 0.2) is 64.5 Å². The van der Waals surface area contributed by atoms with Crippen molar-refractivity contribution in [3.05, 3.63) is 71.7 Å². The number of nitrogens with zero attached hydrogens (tertiary/aromatic N) is 2. The van der Waals surface area contributed by atoms with Gasteiger partial charge < -0.3 is 19.2 Å². The Morgan fingerprint density at radius 3 is 2.73 bits per heavy atom. The molecule has 0 saturated carbocycles. The van der Waals surface area contributed by atoms with Gasteiger partial charge in [0, 0.05) is 16.5 Å². The van der Waals surface area contributed by atoms with Gasteiger partial charge in [-0.1, -0.05) is 30.3 Å². The summed E-state index contributed by atoms with van der Waals surface area (Å²) < 4.78 is 16.9. The number of hydrogen-bond donors (Lipinski definition) is 1. The van der Waals surface area contributed by atoms with E-state index in [1.807, 2.05) is 48.5 Å². The SMILES string of the molecule is O=C(NCc1ncc(-c2ccccc2)o1)c1csc(-c2ccc3c(c2)OCCO3)n1. The lowest BCUT2D eigenvalue weighted by atomic mass is 10.2. The number of aromatic nitrogens is 2. The Kier molecular flexibility index (Phi) is 4.90. The standard InChI is InChI=1S/C22H17N3O4S/c26-21(24-12-20-23-11-19(29-20)14-4-2-1-3-5-14)16-13-30-22(25-16)15-6-7-17-18(10-15)28-9-8-27-17/h1-7,10-11,13H,8-9,12H2,(H,24,26). The summed E-state index contributed by atoms with van der Waals surface area (Å²) in [7, 11) is 0. The van der Waals surface area contributed by atoms with Crippen molar-refractivity contribution < 1.29 is 18.7 Å². The van der Waals surface area contributed by atoms with Gasteiger partial charge in [0.1, 0.15) is 23.9 Å². The minimum absolute atomic E-state index is 0.183. The van der Waals surface area contributed by atoms with Crippen molar-refractivity contribution in [1.82, 2.24) is 15.3 Å². The number of amides is 1. The first-order valence-electron chi connectivity index (χ1n) is 9.40. The third-order valence-electron chi connectivity index (χ3n) is 4.54. The van der Waals surface area contributed by atoms with Crippen LogP contribution in [0.5, 0.6) is 11.5 Å². The van der Waals surface area contributed by atoms with E-state index in [9.17, 15) is 4.79 Å². The van der Waals surface area contributed by atoms with Gasteiger partial charge in [-0.2, -0.15) is 0 Å². The molecule has 4 aromatic rings. The lowest BCUT2D eigenvalue weighted by Crippen LogP contribution is -2.23. The van der Waals surface area contributed by atoms with Crippen LogP contribution >= 0.6 is 11.3 Å². The summed E-state index contributed by atoms with van der Waals surface area (Å²) in [6.45, 7) is 1.25. The monoisotopic (exact) mass is 419 g/mol. The maximum absolute atomic E-state index is 12.5. The molecule has 1 aliphatic heterocycles. The van der Waals surface area contributed by atoms with Crippen molar-refractivity contribution in [2.45, 2.75) is 6.54 Å². The van der Waals surface area contributed by atoms with Crippen LogP contribution in [-0.2, 0) is 6.54 Å². The zero-order valence-corrected chi connectivity index (χ0v) is 16.6. The second kappa shape index (κ2) is 8.00. The van der Waals surface area contributed by atoms with Crippen LogP contribution in [0.2, 0.25) is 0 Å². The maximum Gasteiger partial charge on any atom is 0.271 e. The number of fused-ring (bicyclic) bond motifs is 1. The van der Waals surface area contributed by atoms with Gasteiger partial charge >= 0.3 is 0 Å². The topological polar surface area (TPSA) is 86.5 Å². The Balaban J connectivity index is 1.25. The summed E-state index contributed by atoms with van der Waals surface area (Å²) >= 11 is 1.40. The highest BCUT2D eigenvalue weighted by Gasteiger charge is 2.16. The third-order valence-corrected chi connectivity index (χ3v) is 5.43. The minimum atomic E-state index is -0.283. The molecule has 0 spiro atoms. The molecule has 0 bridgehead atoms. The first-order chi connectivity index (χ1) is 14.8. The van der Waals surface area contributed by atoms with Crippen molar-refractivity contribution in [3.63, 3.8) is 0 Å². The lowest BCUT2D eigenvalue weighted by molar-refractivity contribution is 0.0943. The highest BCUT2D eigenvalue weighted by atomic mass is 32.1. The number of ether oxygens (including phenoxy) is 2.